The van der Waals surface area contributed by atoms with Crippen molar-refractivity contribution in [3.05, 3.63) is 357 Å². The van der Waals surface area contributed by atoms with E-state index in [1.54, 1.807) is 4.90 Å². The normalized spacial score (nSPS) is 14.3. The van der Waals surface area contributed by atoms with Gasteiger partial charge in [0.05, 0.1) is 44.1 Å². The monoisotopic (exact) mass is 1400 g/mol. The summed E-state index contributed by atoms with van der Waals surface area (Å²) in [5.74, 6) is 2.22. The van der Waals surface area contributed by atoms with Crippen LogP contribution in [0.5, 0.6) is 0 Å². The van der Waals surface area contributed by atoms with E-state index in [4.69, 9.17) is 30.0 Å². The second-order valence-corrected chi connectivity index (χ2v) is 28.7. The van der Waals surface area contributed by atoms with Crippen molar-refractivity contribution in [2.24, 2.45) is 30.0 Å². The summed E-state index contributed by atoms with van der Waals surface area (Å²) >= 11 is 0. The van der Waals surface area contributed by atoms with E-state index in [9.17, 15) is 0 Å². The van der Waals surface area contributed by atoms with Gasteiger partial charge in [-0.2, -0.15) is 30.0 Å². The lowest BCUT2D eigenvalue weighted by atomic mass is 9.33. The molecule has 0 saturated heterocycles. The first-order chi connectivity index (χ1) is 54.6. The maximum Gasteiger partial charge on any atom is 0.252 e. The van der Waals surface area contributed by atoms with Gasteiger partial charge in [-0.25, -0.2) is 4.90 Å². The molecule has 0 spiro atoms. The van der Waals surface area contributed by atoms with E-state index in [0.29, 0.717) is 35.6 Å². The van der Waals surface area contributed by atoms with Crippen LogP contribution in [0, 0.1) is 0 Å². The van der Waals surface area contributed by atoms with Gasteiger partial charge in [-0.05, 0) is 148 Å². The molecule has 13 nitrogen and oxygen atoms in total. The van der Waals surface area contributed by atoms with Crippen LogP contribution >= 0.6 is 0 Å². The zero-order valence-corrected chi connectivity index (χ0v) is 58.9. The van der Waals surface area contributed by atoms with Gasteiger partial charge in [0.2, 0.25) is 29.8 Å². The number of rotatable bonds is 7. The molecule has 19 aromatic rings. The molecule has 14 heteroatoms. The molecule has 110 heavy (non-hydrogen) atoms. The molecule has 0 saturated carbocycles. The summed E-state index contributed by atoms with van der Waals surface area (Å²) < 4.78 is 9.13. The van der Waals surface area contributed by atoms with Crippen molar-refractivity contribution in [3.8, 4) is 33.6 Å². The third kappa shape index (κ3) is 8.80. The Bertz CT molecular complexity index is 6820. The first-order valence-corrected chi connectivity index (χ1v) is 37.2. The molecule has 0 atom stereocenters. The average molecular weight is 1400 g/mol. The van der Waals surface area contributed by atoms with E-state index < -0.39 is 0 Å². The first kappa shape index (κ1) is 60.3. The largest absolute Gasteiger partial charge is 0.311 e. The summed E-state index contributed by atoms with van der Waals surface area (Å²) in [7, 11) is 0. The van der Waals surface area contributed by atoms with E-state index in [1.807, 2.05) is 0 Å². The number of fused-ring (bicyclic) bond motifs is 16. The first-order valence-electron chi connectivity index (χ1n) is 37.2. The van der Waals surface area contributed by atoms with Crippen molar-refractivity contribution >= 4 is 180 Å². The lowest BCUT2D eigenvalue weighted by molar-refractivity contribution is 0.818. The smallest absolute Gasteiger partial charge is 0.252 e. The van der Waals surface area contributed by atoms with Crippen LogP contribution in [-0.4, -0.2) is 65.5 Å². The highest BCUT2D eigenvalue weighted by Crippen LogP contribution is 2.48. The zero-order chi connectivity index (χ0) is 71.8. The Morgan fingerprint density at radius 2 is 0.473 bits per heavy atom. The molecular formula is C96H58BN13. The van der Waals surface area contributed by atoms with Crippen LogP contribution in [0.4, 0.5) is 34.1 Å². The van der Waals surface area contributed by atoms with E-state index in [2.05, 4.69) is 380 Å². The number of benzene rings is 15. The van der Waals surface area contributed by atoms with Gasteiger partial charge in [0.1, 0.15) is 0 Å². The zero-order valence-electron chi connectivity index (χ0n) is 58.9. The van der Waals surface area contributed by atoms with E-state index >= 15 is 0 Å². The Hall–Kier alpha value is -15.0. The molecule has 4 aromatic heterocycles. The molecule has 510 valence electrons. The molecule has 0 N–H and O–H groups in total. The van der Waals surface area contributed by atoms with Gasteiger partial charge in [-0.15, -0.1) is 0 Å². The summed E-state index contributed by atoms with van der Waals surface area (Å²) in [6, 6.07) is 127. The second-order valence-electron chi connectivity index (χ2n) is 28.7. The molecule has 0 radical (unpaired) electrons. The standard InChI is InChI=1S/C96H58BN13/c1-3-23-59(24-4-1)61-43-47-64(48-44-61)104-86-57-66(106-78-35-15-7-27-68(78)69-28-8-16-36-79(69)106)51-53-76(86)97-77-54-52-67(107-80-37-17-9-29-70(80)71-30-10-18-38-81(71)107)58-87(77)105(65-49-45-62(46-50-65)60-25-5-2-6-26-60)89-56-63(55-88(104)90(89)97)91-98-92-100-94(108-82-39-19-11-31-72(82)73-32-12-20-40-83(73)108)102-96-103-95(101-93(99-91)110(92)96)109-84-41-21-13-33-74(84)75-34-14-22-42-85(75)109/h1-58H. The van der Waals surface area contributed by atoms with Crippen molar-refractivity contribution in [2.75, 3.05) is 9.80 Å². The number of para-hydroxylation sites is 8. The average Bonchev–Trinajstić information content (AvgIpc) is 0.987. The number of guanidine groups is 3. The fourth-order valence-electron chi connectivity index (χ4n) is 18.1. The maximum absolute atomic E-state index is 5.72. The summed E-state index contributed by atoms with van der Waals surface area (Å²) in [5.41, 5.74) is 25.1. The molecule has 0 amide bonds. The SMILES string of the molecule is c1ccc(-c2ccc(N3c4cc(-n5c6ccccc6c6ccccc65)ccc4B4c5ccc(-n6c7ccccc7c7ccccc76)cc5N(c5ccc(-c6ccccc6)cc5)c5cc(C6=NC7=NC(n8c9ccccc9c9ccccc98)=NC8=NC(n9c%10ccccc%10c%10ccccc%109)=NC(=N6)N78)cc3c54)cc2)cc1. The molecule has 5 aliphatic heterocycles. The Morgan fingerprint density at radius 1 is 0.191 bits per heavy atom. The number of hydrogen-bond donors (Lipinski definition) is 0. The number of amidine groups is 1. The van der Waals surface area contributed by atoms with Crippen LogP contribution in [0.25, 0.3) is 121 Å². The van der Waals surface area contributed by atoms with E-state index in [-0.39, 0.29) is 6.71 Å². The Labute approximate surface area is 630 Å². The fraction of sp³-hybridized carbons (Fsp3) is 0. The van der Waals surface area contributed by atoms with Gasteiger partial charge in [0.15, 0.2) is 5.84 Å². The van der Waals surface area contributed by atoms with Gasteiger partial charge in [0, 0.05) is 94.2 Å². The highest BCUT2D eigenvalue weighted by Gasteiger charge is 2.46. The number of anilines is 6. The quantitative estimate of drug-likeness (QED) is 0.148. The van der Waals surface area contributed by atoms with Crippen LogP contribution in [0.1, 0.15) is 5.56 Å². The van der Waals surface area contributed by atoms with Crippen LogP contribution in [-0.2, 0) is 0 Å². The molecule has 5 aliphatic rings. The molecule has 15 aromatic carbocycles. The fourth-order valence-corrected chi connectivity index (χ4v) is 18.1. The van der Waals surface area contributed by atoms with Crippen LogP contribution in [0.2, 0.25) is 0 Å². The number of aliphatic imine (C=N–C) groups is 6. The Balaban J connectivity index is 0.804. The van der Waals surface area contributed by atoms with Crippen LogP contribution in [0.15, 0.2) is 382 Å². The van der Waals surface area contributed by atoms with Gasteiger partial charge >= 0.3 is 0 Å². The molecule has 0 fully saturated rings. The highest BCUT2D eigenvalue weighted by molar-refractivity contribution is 7.00. The van der Waals surface area contributed by atoms with E-state index in [0.717, 1.165) is 155 Å². The lowest BCUT2D eigenvalue weighted by Crippen LogP contribution is -2.61. The van der Waals surface area contributed by atoms with Gasteiger partial charge in [0.25, 0.3) is 6.71 Å². The van der Waals surface area contributed by atoms with Gasteiger partial charge < -0.3 is 18.9 Å². The van der Waals surface area contributed by atoms with Crippen molar-refractivity contribution in [3.63, 3.8) is 0 Å². The van der Waals surface area contributed by atoms with Gasteiger partial charge in [-0.3, -0.25) is 9.13 Å². The number of nitrogens with zero attached hydrogens (tertiary/aromatic N) is 13. The molecule has 24 rings (SSSR count). The summed E-state index contributed by atoms with van der Waals surface area (Å²) in [5, 5.41) is 9.08. The summed E-state index contributed by atoms with van der Waals surface area (Å²) in [6.45, 7) is -0.295. The second kappa shape index (κ2) is 23.2. The maximum atomic E-state index is 5.72. The molecule has 0 bridgehead atoms. The predicted octanol–water partition coefficient (Wildman–Crippen LogP) is 20.5. The lowest BCUT2D eigenvalue weighted by Gasteiger charge is -2.44. The number of aromatic nitrogens is 4. The highest BCUT2D eigenvalue weighted by atomic mass is 15.5. The van der Waals surface area contributed by atoms with Crippen molar-refractivity contribution < 1.29 is 0 Å². The minimum Gasteiger partial charge on any atom is -0.311 e. The Morgan fingerprint density at radius 3 is 0.827 bits per heavy atom. The van der Waals surface area contributed by atoms with Gasteiger partial charge in [-0.1, -0.05) is 243 Å². The molecular weight excluding hydrogens is 1350 g/mol. The minimum atomic E-state index is -0.295. The topological polar surface area (TPSA) is 104 Å². The number of hydrogen-bond acceptors (Lipinski definition) is 9. The Kier molecular flexibility index (Phi) is 12.7. The van der Waals surface area contributed by atoms with Crippen LogP contribution in [0.3, 0.4) is 0 Å². The molecule has 0 unspecified atom stereocenters. The van der Waals surface area contributed by atoms with Crippen molar-refractivity contribution in [2.45, 2.75) is 0 Å². The van der Waals surface area contributed by atoms with Crippen molar-refractivity contribution in [1.82, 2.24) is 23.2 Å². The molecule has 0 aliphatic carbocycles. The third-order valence-electron chi connectivity index (χ3n) is 22.8. The minimum absolute atomic E-state index is 0.295. The van der Waals surface area contributed by atoms with Crippen LogP contribution < -0.4 is 26.2 Å². The molecule has 9 heterocycles. The van der Waals surface area contributed by atoms with E-state index in [1.165, 1.54) is 21.5 Å². The third-order valence-corrected chi connectivity index (χ3v) is 22.8. The summed E-state index contributed by atoms with van der Waals surface area (Å²) in [4.78, 5) is 40.3. The summed E-state index contributed by atoms with van der Waals surface area (Å²) in [6.07, 6.45) is 0. The predicted molar refractivity (Wildman–Crippen MR) is 455 cm³/mol. The van der Waals surface area contributed by atoms with Crippen molar-refractivity contribution in [1.29, 1.82) is 0 Å².